The lowest BCUT2D eigenvalue weighted by Gasteiger charge is -2.32. The monoisotopic (exact) mass is 476 g/mol. The first-order chi connectivity index (χ1) is 16.0. The van der Waals surface area contributed by atoms with E-state index in [4.69, 9.17) is 12.2 Å². The van der Waals surface area contributed by atoms with Gasteiger partial charge in [-0.15, -0.1) is 0 Å². The van der Waals surface area contributed by atoms with Crippen LogP contribution in [0.2, 0.25) is 0 Å². The number of hydrogen-bond donors (Lipinski definition) is 1. The molecule has 8 heteroatoms. The van der Waals surface area contributed by atoms with Gasteiger partial charge in [-0.1, -0.05) is 72.5 Å². The topological polar surface area (TPSA) is 55.9 Å². The Balaban J connectivity index is 1.40. The molecule has 2 saturated heterocycles. The van der Waals surface area contributed by atoms with Crippen molar-refractivity contribution in [2.75, 3.05) is 39.8 Å². The van der Waals surface area contributed by atoms with E-state index in [0.717, 1.165) is 53.3 Å². The summed E-state index contributed by atoms with van der Waals surface area (Å²) in [5.41, 5.74) is 3.90. The highest BCUT2D eigenvalue weighted by molar-refractivity contribution is 8.26. The molecule has 0 aromatic heterocycles. The zero-order valence-electron chi connectivity index (χ0n) is 18.3. The van der Waals surface area contributed by atoms with Crippen molar-refractivity contribution in [1.82, 2.24) is 20.2 Å². The van der Waals surface area contributed by atoms with E-state index in [0.29, 0.717) is 9.23 Å². The van der Waals surface area contributed by atoms with Crippen molar-refractivity contribution < 1.29 is 9.59 Å². The maximum absolute atomic E-state index is 13.2. The first kappa shape index (κ1) is 22.0. The molecule has 33 heavy (non-hydrogen) atoms. The van der Waals surface area contributed by atoms with Crippen LogP contribution < -0.4 is 5.43 Å². The lowest BCUT2D eigenvalue weighted by atomic mass is 9.96. The number of benzene rings is 3. The summed E-state index contributed by atoms with van der Waals surface area (Å²) in [7, 11) is 2.06. The van der Waals surface area contributed by atoms with Crippen LogP contribution in [-0.2, 0) is 9.59 Å². The molecule has 0 aliphatic carbocycles. The first-order valence-electron chi connectivity index (χ1n) is 10.9. The molecule has 0 saturated carbocycles. The van der Waals surface area contributed by atoms with Crippen molar-refractivity contribution in [3.63, 3.8) is 0 Å². The molecule has 2 aliphatic rings. The van der Waals surface area contributed by atoms with E-state index in [1.165, 1.54) is 16.7 Å². The number of nitrogens with zero attached hydrogens (tertiary/aromatic N) is 3. The van der Waals surface area contributed by atoms with Gasteiger partial charge >= 0.3 is 0 Å². The molecule has 2 aliphatic heterocycles. The molecule has 5 rings (SSSR count). The van der Waals surface area contributed by atoms with E-state index in [1.54, 1.807) is 0 Å². The predicted octanol–water partition coefficient (Wildman–Crippen LogP) is 3.47. The molecule has 6 nitrogen and oxygen atoms in total. The van der Waals surface area contributed by atoms with E-state index < -0.39 is 0 Å². The van der Waals surface area contributed by atoms with Crippen molar-refractivity contribution in [3.05, 3.63) is 65.1 Å². The number of hydrogen-bond acceptors (Lipinski definition) is 6. The number of thioether (sulfide) groups is 1. The Hall–Kier alpha value is -2.78. The highest BCUT2D eigenvalue weighted by Gasteiger charge is 2.34. The molecular formula is C25H24N4O2S2. The minimum Gasteiger partial charge on any atom is -0.304 e. The Bertz CT molecular complexity index is 1240. The summed E-state index contributed by atoms with van der Waals surface area (Å²) >= 11 is 6.72. The number of piperazine rings is 1. The van der Waals surface area contributed by atoms with E-state index in [-0.39, 0.29) is 18.4 Å². The number of fused-ring (bicyclic) bond motifs is 2. The summed E-state index contributed by atoms with van der Waals surface area (Å²) in [5.74, 6) is -0.455. The minimum atomic E-state index is -0.229. The Morgan fingerprint density at radius 2 is 1.64 bits per heavy atom. The summed E-state index contributed by atoms with van der Waals surface area (Å²) in [4.78, 5) is 30.0. The van der Waals surface area contributed by atoms with Gasteiger partial charge in [-0.25, -0.2) is 5.01 Å². The van der Waals surface area contributed by atoms with Gasteiger partial charge in [-0.3, -0.25) is 19.9 Å². The molecule has 2 fully saturated rings. The predicted molar refractivity (Wildman–Crippen MR) is 139 cm³/mol. The zero-order chi connectivity index (χ0) is 22.9. The summed E-state index contributed by atoms with van der Waals surface area (Å²) in [6.07, 6.45) is 1.92. The number of likely N-dealkylation sites (N-methyl/N-ethyl adjacent to an activating group) is 1. The Labute approximate surface area is 202 Å². The Morgan fingerprint density at radius 1 is 1.03 bits per heavy atom. The summed E-state index contributed by atoms with van der Waals surface area (Å²) in [6.45, 7) is 3.22. The third kappa shape index (κ3) is 4.52. The summed E-state index contributed by atoms with van der Waals surface area (Å²) < 4.78 is 0.407. The molecule has 168 valence electrons. The van der Waals surface area contributed by atoms with Gasteiger partial charge in [-0.2, -0.15) is 0 Å². The van der Waals surface area contributed by atoms with Crippen molar-refractivity contribution in [3.8, 4) is 0 Å². The van der Waals surface area contributed by atoms with Gasteiger partial charge in [0.2, 0.25) is 0 Å². The van der Waals surface area contributed by atoms with Crippen LogP contribution in [0.4, 0.5) is 0 Å². The minimum absolute atomic E-state index is 0.0787. The number of nitrogens with one attached hydrogen (secondary N) is 1. The second kappa shape index (κ2) is 9.23. The molecule has 0 unspecified atom stereocenters. The van der Waals surface area contributed by atoms with Gasteiger partial charge in [0, 0.05) is 26.2 Å². The largest absolute Gasteiger partial charge is 0.304 e. The second-order valence-corrected chi connectivity index (χ2v) is 10.0. The quantitative estimate of drug-likeness (QED) is 0.354. The third-order valence-corrected chi connectivity index (χ3v) is 7.43. The van der Waals surface area contributed by atoms with Gasteiger partial charge in [0.1, 0.15) is 10.9 Å². The highest BCUT2D eigenvalue weighted by Crippen LogP contribution is 2.36. The zero-order valence-corrected chi connectivity index (χ0v) is 19.9. The Morgan fingerprint density at radius 3 is 2.27 bits per heavy atom. The highest BCUT2D eigenvalue weighted by atomic mass is 32.2. The van der Waals surface area contributed by atoms with Gasteiger partial charge < -0.3 is 4.90 Å². The number of amides is 2. The van der Waals surface area contributed by atoms with E-state index in [1.807, 2.05) is 35.4 Å². The van der Waals surface area contributed by atoms with Crippen LogP contribution in [0.15, 0.2) is 59.5 Å². The summed E-state index contributed by atoms with van der Waals surface area (Å²) in [6, 6.07) is 18.5. The van der Waals surface area contributed by atoms with Crippen LogP contribution in [0.5, 0.6) is 0 Å². The summed E-state index contributed by atoms with van der Waals surface area (Å²) in [5, 5.41) is 6.29. The Kier molecular flexibility index (Phi) is 6.16. The molecule has 3 aromatic rings. The number of carbonyl (C=O) groups is 2. The first-order valence-corrected chi connectivity index (χ1v) is 12.1. The standard InChI is InChI=1S/C25H24N4O2S2/c1-27-10-12-28(13-11-27)26-23(30)16-29-24(31)22(33-25(29)32)15-21-19-8-4-2-6-17(19)14-18-7-3-5-9-20(18)21/h2-9,14-15H,10-13,16H2,1H3,(H,26,30)/b22-15-. The molecule has 0 radical (unpaired) electrons. The number of thiocarbonyl (C=S) groups is 1. The van der Waals surface area contributed by atoms with Crippen molar-refractivity contribution >= 4 is 67.7 Å². The van der Waals surface area contributed by atoms with Crippen molar-refractivity contribution in [1.29, 1.82) is 0 Å². The van der Waals surface area contributed by atoms with Gasteiger partial charge in [0.15, 0.2) is 0 Å². The molecule has 2 amide bonds. The van der Waals surface area contributed by atoms with Crippen LogP contribution in [-0.4, -0.2) is 70.7 Å². The van der Waals surface area contributed by atoms with Crippen molar-refractivity contribution in [2.45, 2.75) is 0 Å². The van der Waals surface area contributed by atoms with Crippen LogP contribution in [0.3, 0.4) is 0 Å². The molecule has 2 heterocycles. The fourth-order valence-electron chi connectivity index (χ4n) is 4.25. The van der Waals surface area contributed by atoms with E-state index in [2.05, 4.69) is 47.7 Å². The average molecular weight is 477 g/mol. The molecule has 1 N–H and O–H groups in total. The lowest BCUT2D eigenvalue weighted by Crippen LogP contribution is -2.54. The van der Waals surface area contributed by atoms with Crippen LogP contribution in [0.25, 0.3) is 27.6 Å². The lowest BCUT2D eigenvalue weighted by molar-refractivity contribution is -0.132. The maximum atomic E-state index is 13.2. The van der Waals surface area contributed by atoms with Gasteiger partial charge in [0.05, 0.1) is 4.91 Å². The molecular weight excluding hydrogens is 452 g/mol. The smallest absolute Gasteiger partial charge is 0.266 e. The molecule has 0 bridgehead atoms. The fraction of sp³-hybridized carbons (Fsp3) is 0.240. The van der Waals surface area contributed by atoms with E-state index in [9.17, 15) is 9.59 Å². The number of hydrazine groups is 1. The van der Waals surface area contributed by atoms with Crippen LogP contribution in [0, 0.1) is 0 Å². The second-order valence-electron chi connectivity index (χ2n) is 8.33. The molecule has 0 atom stereocenters. The van der Waals surface area contributed by atoms with E-state index >= 15 is 0 Å². The molecule has 3 aromatic carbocycles. The van der Waals surface area contributed by atoms with Crippen molar-refractivity contribution in [2.24, 2.45) is 0 Å². The van der Waals surface area contributed by atoms with Gasteiger partial charge in [0.25, 0.3) is 11.8 Å². The average Bonchev–Trinajstić information content (AvgIpc) is 3.07. The fourth-order valence-corrected chi connectivity index (χ4v) is 5.48. The maximum Gasteiger partial charge on any atom is 0.266 e. The van der Waals surface area contributed by atoms with Crippen LogP contribution in [0.1, 0.15) is 5.56 Å². The van der Waals surface area contributed by atoms with Gasteiger partial charge in [-0.05, 0) is 46.3 Å². The van der Waals surface area contributed by atoms with Crippen LogP contribution >= 0.6 is 24.0 Å². The normalized spacial score (nSPS) is 19.2. The SMILES string of the molecule is CN1CCN(NC(=O)CN2C(=O)/C(=C/c3c4ccccc4cc4ccccc34)SC2=S)CC1. The number of carbonyl (C=O) groups excluding carboxylic acids is 2. The number of rotatable bonds is 4. The third-order valence-electron chi connectivity index (χ3n) is 6.05. The molecule has 0 spiro atoms.